The number of benzene rings is 1. The van der Waals surface area contributed by atoms with Gasteiger partial charge < -0.3 is 10.6 Å². The Bertz CT molecular complexity index is 798. The Morgan fingerprint density at radius 2 is 2.22 bits per heavy atom. The Hall–Kier alpha value is -3.21. The van der Waals surface area contributed by atoms with Crippen LogP contribution in [-0.2, 0) is 4.79 Å². The number of carbonyl (C=O) groups is 1. The number of nitro groups is 1. The molecule has 23 heavy (non-hydrogen) atoms. The topological polar surface area (TPSA) is 121 Å². The Balaban J connectivity index is 2.26. The summed E-state index contributed by atoms with van der Waals surface area (Å²) >= 11 is 0. The van der Waals surface area contributed by atoms with Gasteiger partial charge in [0.2, 0.25) is 5.91 Å². The van der Waals surface area contributed by atoms with Crippen LogP contribution < -0.4 is 10.6 Å². The number of anilines is 1. The fourth-order valence-electron chi connectivity index (χ4n) is 2.01. The minimum absolute atomic E-state index is 0.0381. The van der Waals surface area contributed by atoms with Gasteiger partial charge in [-0.05, 0) is 18.6 Å². The van der Waals surface area contributed by atoms with Gasteiger partial charge in [-0.3, -0.25) is 14.9 Å². The van der Waals surface area contributed by atoms with Gasteiger partial charge in [-0.15, -0.1) is 0 Å². The Labute approximate surface area is 132 Å². The highest BCUT2D eigenvalue weighted by atomic mass is 16.6. The van der Waals surface area contributed by atoms with E-state index in [1.54, 1.807) is 0 Å². The minimum Gasteiger partial charge on any atom is -0.361 e. The lowest BCUT2D eigenvalue weighted by molar-refractivity contribution is -0.384. The first-order valence-electron chi connectivity index (χ1n) is 7.05. The summed E-state index contributed by atoms with van der Waals surface area (Å²) in [6, 6.07) is 7.60. The maximum absolute atomic E-state index is 11.6. The maximum atomic E-state index is 11.6. The number of carbonyl (C=O) groups excluding carboxylic acids is 1. The van der Waals surface area contributed by atoms with E-state index in [0.29, 0.717) is 23.3 Å². The summed E-state index contributed by atoms with van der Waals surface area (Å²) in [5.74, 6) is 0.200. The number of hydrogen-bond acceptors (Lipinski definition) is 6. The van der Waals surface area contributed by atoms with E-state index < -0.39 is 4.92 Å². The number of non-ortho nitro benzene ring substituents is 1. The highest BCUT2D eigenvalue weighted by Crippen LogP contribution is 2.24. The van der Waals surface area contributed by atoms with Crippen molar-refractivity contribution < 1.29 is 9.72 Å². The number of rotatable bonds is 6. The molecule has 1 aromatic carbocycles. The summed E-state index contributed by atoms with van der Waals surface area (Å²) in [7, 11) is 0. The van der Waals surface area contributed by atoms with Crippen molar-refractivity contribution in [3.63, 3.8) is 0 Å². The molecule has 0 unspecified atom stereocenters. The molecule has 0 aliphatic heterocycles. The van der Waals surface area contributed by atoms with E-state index in [0.717, 1.165) is 6.42 Å². The molecule has 118 valence electrons. The fraction of sp³-hybridized carbons (Fsp3) is 0.267. The van der Waals surface area contributed by atoms with Crippen molar-refractivity contribution in [3.05, 3.63) is 39.9 Å². The summed E-state index contributed by atoms with van der Waals surface area (Å²) in [4.78, 5) is 26.1. The standard InChI is InChI=1S/C15H15N5O3/c1-2-5-17-15(21)9-18-14-6-10(8-16)12-7-11(20(22)23)3-4-13(12)19-14/h3-4,6-7H,2,5,9H2,1H3,(H,17,21)(H,18,19). The highest BCUT2D eigenvalue weighted by Gasteiger charge is 2.12. The second-order valence-corrected chi connectivity index (χ2v) is 4.83. The molecule has 0 bridgehead atoms. The van der Waals surface area contributed by atoms with Crippen LogP contribution in [0.5, 0.6) is 0 Å². The average Bonchev–Trinajstić information content (AvgIpc) is 2.56. The lowest BCUT2D eigenvalue weighted by atomic mass is 10.1. The van der Waals surface area contributed by atoms with Crippen LogP contribution in [0.2, 0.25) is 0 Å². The van der Waals surface area contributed by atoms with Crippen molar-refractivity contribution in [2.45, 2.75) is 13.3 Å². The van der Waals surface area contributed by atoms with Crippen LogP contribution in [0.1, 0.15) is 18.9 Å². The maximum Gasteiger partial charge on any atom is 0.270 e. The molecule has 0 fully saturated rings. The number of amides is 1. The van der Waals surface area contributed by atoms with E-state index in [1.165, 1.54) is 24.3 Å². The lowest BCUT2D eigenvalue weighted by Crippen LogP contribution is -2.30. The molecule has 0 atom stereocenters. The Kier molecular flexibility index (Phi) is 5.04. The molecule has 2 aromatic rings. The van der Waals surface area contributed by atoms with Gasteiger partial charge in [0, 0.05) is 24.1 Å². The molecule has 0 aliphatic rings. The summed E-state index contributed by atoms with van der Waals surface area (Å²) in [6.45, 7) is 2.59. The molecule has 8 heteroatoms. The van der Waals surface area contributed by atoms with Crippen molar-refractivity contribution in [3.8, 4) is 6.07 Å². The van der Waals surface area contributed by atoms with Crippen LogP contribution in [0.25, 0.3) is 10.9 Å². The normalized spacial score (nSPS) is 10.1. The number of pyridine rings is 1. The van der Waals surface area contributed by atoms with Crippen molar-refractivity contribution in [2.24, 2.45) is 0 Å². The van der Waals surface area contributed by atoms with E-state index in [1.807, 2.05) is 13.0 Å². The van der Waals surface area contributed by atoms with Crippen LogP contribution in [0.15, 0.2) is 24.3 Å². The van der Waals surface area contributed by atoms with Gasteiger partial charge in [0.05, 0.1) is 28.6 Å². The van der Waals surface area contributed by atoms with Gasteiger partial charge >= 0.3 is 0 Å². The van der Waals surface area contributed by atoms with Crippen LogP contribution in [0, 0.1) is 21.4 Å². The molecule has 0 saturated carbocycles. The SMILES string of the molecule is CCCNC(=O)CNc1cc(C#N)c2cc([N+](=O)[O-])ccc2n1. The first kappa shape index (κ1) is 16.2. The number of nitrogens with one attached hydrogen (secondary N) is 2. The smallest absolute Gasteiger partial charge is 0.270 e. The van der Waals surface area contributed by atoms with Crippen LogP contribution in [-0.4, -0.2) is 28.9 Å². The molecular weight excluding hydrogens is 298 g/mol. The number of aromatic nitrogens is 1. The molecule has 8 nitrogen and oxygen atoms in total. The third-order valence-corrected chi connectivity index (χ3v) is 3.13. The average molecular weight is 313 g/mol. The quantitative estimate of drug-likeness (QED) is 0.621. The predicted octanol–water partition coefficient (Wildman–Crippen LogP) is 1.95. The van der Waals surface area contributed by atoms with Gasteiger partial charge in [-0.1, -0.05) is 6.92 Å². The number of fused-ring (bicyclic) bond motifs is 1. The van der Waals surface area contributed by atoms with E-state index in [4.69, 9.17) is 0 Å². The minimum atomic E-state index is -0.523. The fourth-order valence-corrected chi connectivity index (χ4v) is 2.01. The van der Waals surface area contributed by atoms with E-state index in [-0.39, 0.29) is 23.7 Å². The Morgan fingerprint density at radius 3 is 2.87 bits per heavy atom. The molecule has 0 spiro atoms. The second kappa shape index (κ2) is 7.17. The van der Waals surface area contributed by atoms with Crippen molar-refractivity contribution in [2.75, 3.05) is 18.4 Å². The first-order chi connectivity index (χ1) is 11.0. The molecule has 1 amide bonds. The third kappa shape index (κ3) is 3.91. The third-order valence-electron chi connectivity index (χ3n) is 3.13. The van der Waals surface area contributed by atoms with E-state index in [2.05, 4.69) is 15.6 Å². The predicted molar refractivity (Wildman–Crippen MR) is 84.9 cm³/mol. The summed E-state index contributed by atoms with van der Waals surface area (Å²) in [5.41, 5.74) is 0.608. The molecule has 0 aliphatic carbocycles. The molecule has 1 aromatic heterocycles. The monoisotopic (exact) mass is 313 g/mol. The number of hydrogen-bond donors (Lipinski definition) is 2. The summed E-state index contributed by atoms with van der Waals surface area (Å²) in [5, 5.41) is 26.0. The highest BCUT2D eigenvalue weighted by molar-refractivity contribution is 5.89. The molecule has 2 rings (SSSR count). The number of nitro benzene ring substituents is 1. The van der Waals surface area contributed by atoms with Gasteiger partial charge in [0.1, 0.15) is 5.82 Å². The number of nitrogens with zero attached hydrogens (tertiary/aromatic N) is 3. The van der Waals surface area contributed by atoms with Gasteiger partial charge in [0.25, 0.3) is 5.69 Å². The molecule has 2 N–H and O–H groups in total. The Morgan fingerprint density at radius 1 is 1.43 bits per heavy atom. The summed E-state index contributed by atoms with van der Waals surface area (Å²) in [6.07, 6.45) is 0.845. The van der Waals surface area contributed by atoms with Crippen molar-refractivity contribution in [1.29, 1.82) is 5.26 Å². The first-order valence-corrected chi connectivity index (χ1v) is 7.05. The molecule has 0 saturated heterocycles. The number of nitriles is 1. The van der Waals surface area contributed by atoms with E-state index >= 15 is 0 Å². The van der Waals surface area contributed by atoms with Gasteiger partial charge in [-0.25, -0.2) is 4.98 Å². The van der Waals surface area contributed by atoms with Crippen LogP contribution >= 0.6 is 0 Å². The zero-order valence-corrected chi connectivity index (χ0v) is 12.5. The zero-order chi connectivity index (χ0) is 16.8. The van der Waals surface area contributed by atoms with Crippen LogP contribution in [0.4, 0.5) is 11.5 Å². The van der Waals surface area contributed by atoms with Gasteiger partial charge in [0.15, 0.2) is 0 Å². The van der Waals surface area contributed by atoms with Gasteiger partial charge in [-0.2, -0.15) is 5.26 Å². The van der Waals surface area contributed by atoms with Crippen LogP contribution in [0.3, 0.4) is 0 Å². The molecular formula is C15H15N5O3. The van der Waals surface area contributed by atoms with Crippen molar-refractivity contribution in [1.82, 2.24) is 10.3 Å². The van der Waals surface area contributed by atoms with E-state index in [9.17, 15) is 20.2 Å². The second-order valence-electron chi connectivity index (χ2n) is 4.83. The largest absolute Gasteiger partial charge is 0.361 e. The zero-order valence-electron chi connectivity index (χ0n) is 12.5. The summed E-state index contributed by atoms with van der Waals surface area (Å²) < 4.78 is 0. The molecule has 0 radical (unpaired) electrons. The molecule has 1 heterocycles. The lowest BCUT2D eigenvalue weighted by Gasteiger charge is -2.08. The van der Waals surface area contributed by atoms with Crippen molar-refractivity contribution >= 4 is 28.3 Å².